The number of aliphatic hydroxyl groups is 1. The van der Waals surface area contributed by atoms with Gasteiger partial charge in [0.1, 0.15) is 5.69 Å². The van der Waals surface area contributed by atoms with Crippen LogP contribution >= 0.6 is 0 Å². The molecule has 1 aromatic rings. The number of carbonyl (C=O) groups is 1. The summed E-state index contributed by atoms with van der Waals surface area (Å²) in [6.07, 6.45) is 0.291. The van der Waals surface area contributed by atoms with Gasteiger partial charge in [-0.25, -0.2) is 0 Å². The van der Waals surface area contributed by atoms with Crippen molar-refractivity contribution in [2.45, 2.75) is 45.8 Å². The van der Waals surface area contributed by atoms with E-state index in [4.69, 9.17) is 0 Å². The van der Waals surface area contributed by atoms with Gasteiger partial charge >= 0.3 is 0 Å². The van der Waals surface area contributed by atoms with Crippen LogP contribution in [0.2, 0.25) is 0 Å². The lowest BCUT2D eigenvalue weighted by atomic mass is 10.1. The van der Waals surface area contributed by atoms with Gasteiger partial charge in [0, 0.05) is 19.6 Å². The van der Waals surface area contributed by atoms with Crippen molar-refractivity contribution in [3.8, 4) is 0 Å². The van der Waals surface area contributed by atoms with Crippen LogP contribution in [0.25, 0.3) is 0 Å². The Morgan fingerprint density at radius 1 is 1.61 bits per heavy atom. The molecular formula is C13H21N3O2. The molecule has 0 radical (unpaired) electrons. The lowest BCUT2D eigenvalue weighted by Gasteiger charge is -2.15. The first-order chi connectivity index (χ1) is 8.52. The molecule has 0 saturated carbocycles. The Labute approximate surface area is 107 Å². The minimum atomic E-state index is -0.378. The molecule has 2 heterocycles. The van der Waals surface area contributed by atoms with Gasteiger partial charge in [-0.3, -0.25) is 9.48 Å². The molecule has 1 amide bonds. The molecule has 1 aromatic heterocycles. The molecule has 5 heteroatoms. The van der Waals surface area contributed by atoms with Crippen LogP contribution in [0.5, 0.6) is 0 Å². The summed E-state index contributed by atoms with van der Waals surface area (Å²) in [5.41, 5.74) is 1.58. The lowest BCUT2D eigenvalue weighted by Crippen LogP contribution is -2.31. The molecular weight excluding hydrogens is 230 g/mol. The standard InChI is InChI=1S/C13H21N3O2/c1-4-16-12(7-11(14-16)9(2)3)13(18)15-6-5-10(17)8-15/h7,9-10,17H,4-6,8H2,1-3H3. The predicted molar refractivity (Wildman–Crippen MR) is 68.5 cm³/mol. The molecule has 1 saturated heterocycles. The van der Waals surface area contributed by atoms with Gasteiger partial charge < -0.3 is 10.0 Å². The topological polar surface area (TPSA) is 58.4 Å². The zero-order chi connectivity index (χ0) is 13.3. The van der Waals surface area contributed by atoms with Crippen LogP contribution < -0.4 is 0 Å². The molecule has 1 aliphatic heterocycles. The van der Waals surface area contributed by atoms with E-state index in [-0.39, 0.29) is 12.0 Å². The van der Waals surface area contributed by atoms with E-state index in [0.29, 0.717) is 37.7 Å². The Morgan fingerprint density at radius 2 is 2.33 bits per heavy atom. The summed E-state index contributed by atoms with van der Waals surface area (Å²) < 4.78 is 1.75. The predicted octanol–water partition coefficient (Wildman–Crippen LogP) is 1.23. The number of rotatable bonds is 3. The Bertz CT molecular complexity index is 439. The average Bonchev–Trinajstić information content (AvgIpc) is 2.93. The van der Waals surface area contributed by atoms with Crippen LogP contribution in [-0.2, 0) is 6.54 Å². The van der Waals surface area contributed by atoms with Crippen LogP contribution in [0.4, 0.5) is 0 Å². The lowest BCUT2D eigenvalue weighted by molar-refractivity contribution is 0.0753. The van der Waals surface area contributed by atoms with E-state index in [1.165, 1.54) is 0 Å². The largest absolute Gasteiger partial charge is 0.391 e. The Balaban J connectivity index is 2.23. The number of carbonyl (C=O) groups excluding carboxylic acids is 1. The van der Waals surface area contributed by atoms with E-state index >= 15 is 0 Å². The molecule has 18 heavy (non-hydrogen) atoms. The number of hydrogen-bond donors (Lipinski definition) is 1. The Kier molecular flexibility index (Phi) is 3.71. The van der Waals surface area contributed by atoms with Crippen molar-refractivity contribution in [3.63, 3.8) is 0 Å². The third-order valence-electron chi connectivity index (χ3n) is 3.36. The van der Waals surface area contributed by atoms with Crippen LogP contribution in [0.1, 0.15) is 49.3 Å². The quantitative estimate of drug-likeness (QED) is 0.879. The van der Waals surface area contributed by atoms with Gasteiger partial charge in [0.2, 0.25) is 0 Å². The highest BCUT2D eigenvalue weighted by atomic mass is 16.3. The molecule has 0 aliphatic carbocycles. The van der Waals surface area contributed by atoms with E-state index in [1.807, 2.05) is 13.0 Å². The Hall–Kier alpha value is -1.36. The van der Waals surface area contributed by atoms with E-state index < -0.39 is 0 Å². The SMILES string of the molecule is CCn1nc(C(C)C)cc1C(=O)N1CCC(O)C1. The maximum atomic E-state index is 12.4. The molecule has 1 atom stereocenters. The number of aromatic nitrogens is 2. The number of amides is 1. The molecule has 2 rings (SSSR count). The molecule has 1 fully saturated rings. The third kappa shape index (κ3) is 2.41. The van der Waals surface area contributed by atoms with Gasteiger partial charge in [-0.2, -0.15) is 5.10 Å². The van der Waals surface area contributed by atoms with Crippen molar-refractivity contribution in [2.24, 2.45) is 0 Å². The fourth-order valence-electron chi connectivity index (χ4n) is 2.22. The highest BCUT2D eigenvalue weighted by Gasteiger charge is 2.28. The van der Waals surface area contributed by atoms with Crippen molar-refractivity contribution >= 4 is 5.91 Å². The second kappa shape index (κ2) is 5.10. The molecule has 1 N–H and O–H groups in total. The summed E-state index contributed by atoms with van der Waals surface area (Å²) in [6, 6.07) is 1.88. The van der Waals surface area contributed by atoms with Crippen LogP contribution in [0.3, 0.4) is 0 Å². The molecule has 100 valence electrons. The van der Waals surface area contributed by atoms with Crippen LogP contribution in [0.15, 0.2) is 6.07 Å². The fraction of sp³-hybridized carbons (Fsp3) is 0.692. The van der Waals surface area contributed by atoms with Gasteiger partial charge in [-0.05, 0) is 25.3 Å². The summed E-state index contributed by atoms with van der Waals surface area (Å²) in [5, 5.41) is 13.9. The number of hydrogen-bond acceptors (Lipinski definition) is 3. The van der Waals surface area contributed by atoms with Crippen molar-refractivity contribution in [2.75, 3.05) is 13.1 Å². The highest BCUT2D eigenvalue weighted by Crippen LogP contribution is 2.18. The molecule has 1 unspecified atom stereocenters. The summed E-state index contributed by atoms with van der Waals surface area (Å²) in [7, 11) is 0. The van der Waals surface area contributed by atoms with Gasteiger partial charge in [0.25, 0.3) is 5.91 Å². The van der Waals surface area contributed by atoms with E-state index in [2.05, 4.69) is 18.9 Å². The first kappa shape index (κ1) is 13.1. The zero-order valence-corrected chi connectivity index (χ0v) is 11.3. The Morgan fingerprint density at radius 3 is 2.83 bits per heavy atom. The zero-order valence-electron chi connectivity index (χ0n) is 11.3. The summed E-state index contributed by atoms with van der Waals surface area (Å²) in [4.78, 5) is 14.1. The molecule has 0 spiro atoms. The first-order valence-corrected chi connectivity index (χ1v) is 6.58. The molecule has 0 aromatic carbocycles. The van der Waals surface area contributed by atoms with E-state index in [9.17, 15) is 9.90 Å². The monoisotopic (exact) mass is 251 g/mol. The number of aliphatic hydroxyl groups excluding tert-OH is 1. The minimum absolute atomic E-state index is 0.0206. The summed E-state index contributed by atoms with van der Waals surface area (Å²) >= 11 is 0. The molecule has 0 bridgehead atoms. The number of aryl methyl sites for hydroxylation is 1. The van der Waals surface area contributed by atoms with Gasteiger partial charge in [-0.1, -0.05) is 13.8 Å². The maximum Gasteiger partial charge on any atom is 0.272 e. The smallest absolute Gasteiger partial charge is 0.272 e. The van der Waals surface area contributed by atoms with Crippen molar-refractivity contribution in [3.05, 3.63) is 17.5 Å². The second-order valence-corrected chi connectivity index (χ2v) is 5.12. The fourth-order valence-corrected chi connectivity index (χ4v) is 2.22. The highest BCUT2D eigenvalue weighted by molar-refractivity contribution is 5.93. The number of nitrogens with zero attached hydrogens (tertiary/aromatic N) is 3. The second-order valence-electron chi connectivity index (χ2n) is 5.12. The van der Waals surface area contributed by atoms with Crippen LogP contribution in [-0.4, -0.2) is 44.9 Å². The van der Waals surface area contributed by atoms with Crippen molar-refractivity contribution in [1.29, 1.82) is 0 Å². The average molecular weight is 251 g/mol. The number of likely N-dealkylation sites (tertiary alicyclic amines) is 1. The van der Waals surface area contributed by atoms with E-state index in [0.717, 1.165) is 5.69 Å². The van der Waals surface area contributed by atoms with Gasteiger partial charge in [0.05, 0.1) is 11.8 Å². The van der Waals surface area contributed by atoms with E-state index in [1.54, 1.807) is 9.58 Å². The normalized spacial score (nSPS) is 19.8. The maximum absolute atomic E-state index is 12.4. The van der Waals surface area contributed by atoms with Gasteiger partial charge in [-0.15, -0.1) is 0 Å². The summed E-state index contributed by atoms with van der Waals surface area (Å²) in [5.74, 6) is 0.293. The number of β-amino-alcohol motifs (C(OH)–C–C–N with tert-alkyl or cyclic N) is 1. The molecule has 5 nitrogen and oxygen atoms in total. The third-order valence-corrected chi connectivity index (χ3v) is 3.36. The van der Waals surface area contributed by atoms with Crippen molar-refractivity contribution in [1.82, 2.24) is 14.7 Å². The van der Waals surface area contributed by atoms with Gasteiger partial charge in [0.15, 0.2) is 0 Å². The van der Waals surface area contributed by atoms with Crippen molar-refractivity contribution < 1.29 is 9.90 Å². The summed E-state index contributed by atoms with van der Waals surface area (Å²) in [6.45, 7) is 7.86. The minimum Gasteiger partial charge on any atom is -0.391 e. The van der Waals surface area contributed by atoms with Crippen LogP contribution in [0, 0.1) is 0 Å². The first-order valence-electron chi connectivity index (χ1n) is 6.58. The molecule has 1 aliphatic rings.